The highest BCUT2D eigenvalue weighted by molar-refractivity contribution is 5.70. The maximum atomic E-state index is 13.0. The number of esters is 2. The molecule has 0 aliphatic rings. The van der Waals surface area contributed by atoms with Gasteiger partial charge in [0.05, 0.1) is 40.3 Å². The van der Waals surface area contributed by atoms with E-state index in [-0.39, 0.29) is 32.2 Å². The third-order valence-corrected chi connectivity index (χ3v) is 17.5. The number of quaternary nitrogens is 1. The Hall–Kier alpha value is -4.05. The zero-order valence-electron chi connectivity index (χ0n) is 62.8. The minimum Gasteiger partial charge on any atom is -0.545 e. The van der Waals surface area contributed by atoms with E-state index < -0.39 is 24.3 Å². The number of carbonyl (C=O) groups is 3. The molecular weight excluding hydrogens is 1170 g/mol. The molecule has 0 rings (SSSR count). The molecule has 2 atom stereocenters. The van der Waals surface area contributed by atoms with Gasteiger partial charge >= 0.3 is 11.9 Å². The molecule has 9 nitrogen and oxygen atoms in total. The number of carboxylic acids is 1. The average molecular weight is 1330 g/mol. The standard InChI is InChI=1S/C86H151NO8/c1-6-8-10-12-14-16-18-20-22-24-26-28-30-32-34-36-38-39-40-41-42-43-44-45-47-49-51-53-55-57-59-61-63-65-67-69-71-73-75-77-84(89)95-82(81-94-86(85(90)91)92-79-78-87(3,4)5)80-93-83(88)76-74-72-70-68-66-64-62-60-58-56-54-52-50-48-46-37-35-33-31-29-27-25-23-21-19-17-15-13-11-9-7-2/h8,10,14,16,20,22,26,28,32,34,38-39,41-42,44-45,49,51,82,86H,6-7,9,11-13,15,17-19,21,23-25,27,29-31,33,35-37,40,43,46-48,50,52-81H2,1-5H3/b10-8-,16-14-,22-20-,28-26-,34-32-,39-38-,42-41-,45-44-,51-49-. The molecule has 0 amide bonds. The highest BCUT2D eigenvalue weighted by Gasteiger charge is 2.22. The van der Waals surface area contributed by atoms with Crippen LogP contribution in [-0.2, 0) is 33.3 Å². The molecule has 2 unspecified atom stereocenters. The molecule has 0 aromatic heterocycles. The minimum atomic E-state index is -1.63. The molecule has 0 fully saturated rings. The first-order chi connectivity index (χ1) is 46.6. The Kier molecular flexibility index (Phi) is 72.5. The summed E-state index contributed by atoms with van der Waals surface area (Å²) in [7, 11) is 5.94. The van der Waals surface area contributed by atoms with Gasteiger partial charge in [-0.05, 0) is 83.5 Å². The highest BCUT2D eigenvalue weighted by atomic mass is 16.7. The first-order valence-corrected chi connectivity index (χ1v) is 40.0. The molecule has 0 heterocycles. The van der Waals surface area contributed by atoms with Crippen molar-refractivity contribution in [1.82, 2.24) is 0 Å². The summed E-state index contributed by atoms with van der Waals surface area (Å²) >= 11 is 0. The molecule has 0 aliphatic carbocycles. The van der Waals surface area contributed by atoms with Gasteiger partial charge in [0, 0.05) is 12.8 Å². The predicted molar refractivity (Wildman–Crippen MR) is 407 cm³/mol. The second-order valence-electron chi connectivity index (χ2n) is 28.0. The largest absolute Gasteiger partial charge is 0.545 e. The van der Waals surface area contributed by atoms with Crippen LogP contribution in [0.15, 0.2) is 109 Å². The summed E-state index contributed by atoms with van der Waals surface area (Å²) in [5.41, 5.74) is 0. The van der Waals surface area contributed by atoms with Crippen molar-refractivity contribution >= 4 is 17.9 Å². The number of hydrogen-bond acceptors (Lipinski definition) is 8. The summed E-state index contributed by atoms with van der Waals surface area (Å²) in [5, 5.41) is 11.9. The summed E-state index contributed by atoms with van der Waals surface area (Å²) in [6, 6.07) is 0. The monoisotopic (exact) mass is 1330 g/mol. The van der Waals surface area contributed by atoms with E-state index in [4.69, 9.17) is 18.9 Å². The molecule has 0 bridgehead atoms. The number of allylic oxidation sites excluding steroid dienone is 18. The van der Waals surface area contributed by atoms with Crippen LogP contribution in [0.5, 0.6) is 0 Å². The van der Waals surface area contributed by atoms with Gasteiger partial charge in [-0.15, -0.1) is 0 Å². The van der Waals surface area contributed by atoms with Crippen molar-refractivity contribution in [2.24, 2.45) is 0 Å². The van der Waals surface area contributed by atoms with Gasteiger partial charge in [0.15, 0.2) is 12.4 Å². The van der Waals surface area contributed by atoms with Crippen LogP contribution >= 0.6 is 0 Å². The summed E-state index contributed by atoms with van der Waals surface area (Å²) in [5.74, 6) is -2.27. The molecule has 0 aliphatic heterocycles. The van der Waals surface area contributed by atoms with Gasteiger partial charge in [0.2, 0.25) is 0 Å². The van der Waals surface area contributed by atoms with Crippen molar-refractivity contribution in [3.63, 3.8) is 0 Å². The Balaban J connectivity index is 4.06. The smallest absolute Gasteiger partial charge is 0.306 e. The molecule has 95 heavy (non-hydrogen) atoms. The van der Waals surface area contributed by atoms with E-state index in [9.17, 15) is 19.5 Å². The van der Waals surface area contributed by atoms with Crippen LogP contribution in [0.3, 0.4) is 0 Å². The maximum Gasteiger partial charge on any atom is 0.306 e. The molecule has 0 N–H and O–H groups in total. The van der Waals surface area contributed by atoms with Crippen LogP contribution in [0, 0.1) is 0 Å². The van der Waals surface area contributed by atoms with Gasteiger partial charge < -0.3 is 33.3 Å². The number of carbonyl (C=O) groups excluding carboxylic acids is 3. The van der Waals surface area contributed by atoms with Crippen molar-refractivity contribution in [3.8, 4) is 0 Å². The highest BCUT2D eigenvalue weighted by Crippen LogP contribution is 2.19. The van der Waals surface area contributed by atoms with E-state index >= 15 is 0 Å². The van der Waals surface area contributed by atoms with Crippen molar-refractivity contribution in [1.29, 1.82) is 0 Å². The fourth-order valence-electron chi connectivity index (χ4n) is 11.5. The molecule has 0 saturated heterocycles. The van der Waals surface area contributed by atoms with Crippen LogP contribution in [0.25, 0.3) is 0 Å². The van der Waals surface area contributed by atoms with Crippen LogP contribution in [0.1, 0.15) is 361 Å². The maximum absolute atomic E-state index is 13.0. The Labute approximate surface area is 587 Å². The lowest BCUT2D eigenvalue weighted by Crippen LogP contribution is -2.44. The quantitative estimate of drug-likeness (QED) is 0.0195. The Morgan fingerprint density at radius 2 is 0.600 bits per heavy atom. The number of unbranched alkanes of at least 4 members (excludes halogenated alkanes) is 41. The fraction of sp³-hybridized carbons (Fsp3) is 0.756. The Morgan fingerprint density at radius 1 is 0.326 bits per heavy atom. The predicted octanol–water partition coefficient (Wildman–Crippen LogP) is 24.4. The first-order valence-electron chi connectivity index (χ1n) is 40.0. The van der Waals surface area contributed by atoms with E-state index in [2.05, 4.69) is 123 Å². The molecule has 0 radical (unpaired) electrons. The number of rotatable bonds is 74. The summed E-state index contributed by atoms with van der Waals surface area (Å²) < 4.78 is 22.9. The van der Waals surface area contributed by atoms with E-state index in [1.54, 1.807) is 0 Å². The third-order valence-electron chi connectivity index (χ3n) is 17.5. The molecule has 0 aromatic rings. The minimum absolute atomic E-state index is 0.145. The van der Waals surface area contributed by atoms with Crippen LogP contribution in [-0.4, -0.2) is 82.3 Å². The van der Waals surface area contributed by atoms with Crippen molar-refractivity contribution in [2.75, 3.05) is 47.5 Å². The molecular formula is C86H151NO8. The first kappa shape index (κ1) is 91.0. The van der Waals surface area contributed by atoms with Gasteiger partial charge in [0.25, 0.3) is 0 Å². The van der Waals surface area contributed by atoms with E-state index in [1.165, 1.54) is 225 Å². The topological polar surface area (TPSA) is 111 Å². The van der Waals surface area contributed by atoms with Gasteiger partial charge in [-0.25, -0.2) is 0 Å². The zero-order valence-corrected chi connectivity index (χ0v) is 62.8. The molecule has 9 heteroatoms. The van der Waals surface area contributed by atoms with Crippen molar-refractivity contribution < 1.29 is 42.9 Å². The van der Waals surface area contributed by atoms with E-state index in [1.807, 2.05) is 21.1 Å². The number of carboxylic acid groups (broad SMARTS) is 1. The average Bonchev–Trinajstić information content (AvgIpc) is 2.92. The lowest BCUT2D eigenvalue weighted by atomic mass is 10.0. The Morgan fingerprint density at radius 3 is 0.895 bits per heavy atom. The second kappa shape index (κ2) is 75.7. The Bertz CT molecular complexity index is 1930. The van der Waals surface area contributed by atoms with Crippen molar-refractivity contribution in [3.05, 3.63) is 109 Å². The summed E-state index contributed by atoms with van der Waals surface area (Å²) in [6.45, 7) is 4.68. The summed E-state index contributed by atoms with van der Waals surface area (Å²) in [4.78, 5) is 37.6. The van der Waals surface area contributed by atoms with Crippen LogP contribution < -0.4 is 5.11 Å². The zero-order chi connectivity index (χ0) is 69.0. The van der Waals surface area contributed by atoms with Gasteiger partial charge in [-0.3, -0.25) is 9.59 Å². The normalized spacial score (nSPS) is 13.2. The van der Waals surface area contributed by atoms with Crippen molar-refractivity contribution in [2.45, 2.75) is 373 Å². The number of aliphatic carboxylic acids is 1. The SMILES string of the molecule is CC/C=C\C/C=C\C/C=C\C/C=C\C/C=C\C/C=C\C/C=C\C/C=C\C/C=C\CCCCCCCCCCCCCC(=O)OC(COC(=O)CCCCCCCCCCCCCCCCCCCCCCCCCCCCCCCCC)COC(OCC[N+](C)(C)C)C(=O)[O-]. The number of likely N-dealkylation sites (N-methyl/N-ethyl adjacent to an activating group) is 1. The van der Waals surface area contributed by atoms with Gasteiger partial charge in [-0.2, -0.15) is 0 Å². The van der Waals surface area contributed by atoms with Gasteiger partial charge in [0.1, 0.15) is 13.2 Å². The molecule has 0 spiro atoms. The molecule has 0 saturated carbocycles. The molecule has 0 aromatic carbocycles. The molecule has 548 valence electrons. The summed E-state index contributed by atoms with van der Waals surface area (Å²) in [6.07, 6.45) is 103. The number of nitrogens with zero attached hydrogens (tertiary/aromatic N) is 1. The lowest BCUT2D eigenvalue weighted by Gasteiger charge is -2.26. The number of hydrogen-bond donors (Lipinski definition) is 0. The lowest BCUT2D eigenvalue weighted by molar-refractivity contribution is -0.870. The fourth-order valence-corrected chi connectivity index (χ4v) is 11.5. The van der Waals surface area contributed by atoms with E-state index in [0.29, 0.717) is 23.9 Å². The third kappa shape index (κ3) is 77.2. The van der Waals surface area contributed by atoms with Gasteiger partial charge in [-0.1, -0.05) is 374 Å². The second-order valence-corrected chi connectivity index (χ2v) is 28.0. The van der Waals surface area contributed by atoms with Crippen LogP contribution in [0.2, 0.25) is 0 Å². The van der Waals surface area contributed by atoms with E-state index in [0.717, 1.165) is 103 Å². The van der Waals surface area contributed by atoms with Crippen LogP contribution in [0.4, 0.5) is 0 Å². The number of ether oxygens (including phenoxy) is 4.